The van der Waals surface area contributed by atoms with E-state index in [4.69, 9.17) is 5.73 Å². The van der Waals surface area contributed by atoms with Crippen molar-refractivity contribution in [3.63, 3.8) is 0 Å². The van der Waals surface area contributed by atoms with Gasteiger partial charge in [-0.25, -0.2) is 0 Å². The molecule has 0 aliphatic carbocycles. The van der Waals surface area contributed by atoms with Crippen LogP contribution >= 0.6 is 0 Å². The summed E-state index contributed by atoms with van der Waals surface area (Å²) in [4.78, 5) is 11.8. The van der Waals surface area contributed by atoms with E-state index in [0.717, 1.165) is 0 Å². The second-order valence-electron chi connectivity index (χ2n) is 5.17. The van der Waals surface area contributed by atoms with Crippen LogP contribution in [-0.2, 0) is 0 Å². The summed E-state index contributed by atoms with van der Waals surface area (Å²) >= 11 is 0. The zero-order valence-electron chi connectivity index (χ0n) is 10.8. The van der Waals surface area contributed by atoms with Gasteiger partial charge >= 0.3 is 0 Å². The lowest BCUT2D eigenvalue weighted by atomic mass is 9.81. The quantitative estimate of drug-likeness (QED) is 0.829. The van der Waals surface area contributed by atoms with Crippen molar-refractivity contribution in [3.05, 3.63) is 17.8 Å². The lowest BCUT2D eigenvalue weighted by molar-refractivity contribution is 0.0919. The van der Waals surface area contributed by atoms with Gasteiger partial charge in [0.1, 0.15) is 5.82 Å². The van der Waals surface area contributed by atoms with Gasteiger partial charge in [-0.05, 0) is 23.5 Å². The lowest BCUT2D eigenvalue weighted by Gasteiger charge is -2.29. The normalized spacial score (nSPS) is 11.6. The molecule has 3 N–H and O–H groups in total. The number of aromatic nitrogens is 2. The van der Waals surface area contributed by atoms with Crippen LogP contribution in [0.2, 0.25) is 0 Å². The van der Waals surface area contributed by atoms with Gasteiger partial charge in [0.15, 0.2) is 5.69 Å². The van der Waals surface area contributed by atoms with Gasteiger partial charge < -0.3 is 11.1 Å². The van der Waals surface area contributed by atoms with E-state index >= 15 is 0 Å². The molecule has 0 radical (unpaired) electrons. The van der Waals surface area contributed by atoms with Crippen LogP contribution < -0.4 is 11.1 Å². The molecule has 0 bridgehead atoms. The molecule has 5 heteroatoms. The van der Waals surface area contributed by atoms with Crippen LogP contribution in [0.1, 0.15) is 38.2 Å². The molecule has 1 heterocycles. The van der Waals surface area contributed by atoms with Crippen molar-refractivity contribution in [1.82, 2.24) is 15.5 Å². The Labute approximate surface area is 102 Å². The van der Waals surface area contributed by atoms with E-state index in [-0.39, 0.29) is 11.3 Å². The summed E-state index contributed by atoms with van der Waals surface area (Å²) in [5, 5.41) is 10.2. The Bertz CT molecular complexity index is 384. The Morgan fingerprint density at radius 2 is 2.06 bits per heavy atom. The third kappa shape index (κ3) is 3.69. The summed E-state index contributed by atoms with van der Waals surface area (Å²) in [6.45, 7) is 9.11. The molecule has 17 heavy (non-hydrogen) atoms. The molecule has 0 aliphatic heterocycles. The number of nitrogens with one attached hydrogen (secondary N) is 1. The van der Waals surface area contributed by atoms with Crippen molar-refractivity contribution in [1.29, 1.82) is 0 Å². The number of nitrogens with two attached hydrogens (primary N) is 1. The molecular weight excluding hydrogens is 216 g/mol. The highest BCUT2D eigenvalue weighted by Gasteiger charge is 2.23. The minimum Gasteiger partial charge on any atom is -0.382 e. The molecule has 0 saturated heterocycles. The van der Waals surface area contributed by atoms with Crippen molar-refractivity contribution in [2.24, 2.45) is 11.3 Å². The third-order valence-electron chi connectivity index (χ3n) is 3.19. The van der Waals surface area contributed by atoms with Crippen LogP contribution in [0.5, 0.6) is 0 Å². The van der Waals surface area contributed by atoms with E-state index in [1.54, 1.807) is 12.1 Å². The first kappa shape index (κ1) is 13.4. The first-order valence-electron chi connectivity index (χ1n) is 5.70. The summed E-state index contributed by atoms with van der Waals surface area (Å²) in [6.07, 6.45) is 0. The second-order valence-corrected chi connectivity index (χ2v) is 5.17. The van der Waals surface area contributed by atoms with Crippen LogP contribution in [0.25, 0.3) is 0 Å². The van der Waals surface area contributed by atoms with E-state index in [0.29, 0.717) is 24.0 Å². The van der Waals surface area contributed by atoms with Crippen molar-refractivity contribution in [2.75, 3.05) is 12.3 Å². The largest absolute Gasteiger partial charge is 0.382 e. The van der Waals surface area contributed by atoms with Crippen molar-refractivity contribution in [2.45, 2.75) is 27.7 Å². The Morgan fingerprint density at radius 1 is 1.41 bits per heavy atom. The molecule has 1 aromatic rings. The van der Waals surface area contributed by atoms with Gasteiger partial charge in [-0.15, -0.1) is 10.2 Å². The summed E-state index contributed by atoms with van der Waals surface area (Å²) in [7, 11) is 0. The van der Waals surface area contributed by atoms with Crippen LogP contribution in [0, 0.1) is 11.3 Å². The topological polar surface area (TPSA) is 80.9 Å². The van der Waals surface area contributed by atoms with Gasteiger partial charge in [0, 0.05) is 6.54 Å². The molecule has 0 fully saturated rings. The lowest BCUT2D eigenvalue weighted by Crippen LogP contribution is -2.37. The number of nitrogen functional groups attached to an aromatic ring is 1. The van der Waals surface area contributed by atoms with Crippen LogP contribution in [0.3, 0.4) is 0 Å². The van der Waals surface area contributed by atoms with E-state index in [9.17, 15) is 4.79 Å². The maximum atomic E-state index is 11.8. The number of anilines is 1. The third-order valence-corrected chi connectivity index (χ3v) is 3.19. The van der Waals surface area contributed by atoms with Crippen molar-refractivity contribution >= 4 is 11.7 Å². The SMILES string of the molecule is CC(C)C(C)(C)CNC(=O)c1ccc(N)nn1. The van der Waals surface area contributed by atoms with Gasteiger partial charge in [0.25, 0.3) is 5.91 Å². The van der Waals surface area contributed by atoms with Gasteiger partial charge in [0.2, 0.25) is 0 Å². The molecule has 0 aliphatic rings. The minimum absolute atomic E-state index is 0.0525. The number of hydrogen-bond acceptors (Lipinski definition) is 4. The maximum absolute atomic E-state index is 11.8. The molecule has 1 aromatic heterocycles. The molecule has 0 saturated carbocycles. The van der Waals surface area contributed by atoms with Crippen molar-refractivity contribution in [3.8, 4) is 0 Å². The molecule has 5 nitrogen and oxygen atoms in total. The van der Waals surface area contributed by atoms with Gasteiger partial charge in [-0.3, -0.25) is 4.79 Å². The van der Waals surface area contributed by atoms with Crippen LogP contribution in [0.15, 0.2) is 12.1 Å². The molecule has 1 amide bonds. The predicted molar refractivity (Wildman–Crippen MR) is 67.4 cm³/mol. The van der Waals surface area contributed by atoms with E-state index in [1.165, 1.54) is 0 Å². The highest BCUT2D eigenvalue weighted by Crippen LogP contribution is 2.24. The number of amides is 1. The van der Waals surface area contributed by atoms with Crippen LogP contribution in [0.4, 0.5) is 5.82 Å². The van der Waals surface area contributed by atoms with Crippen LogP contribution in [-0.4, -0.2) is 22.6 Å². The molecule has 0 spiro atoms. The highest BCUT2D eigenvalue weighted by atomic mass is 16.1. The fourth-order valence-corrected chi connectivity index (χ4v) is 1.07. The molecule has 0 aromatic carbocycles. The number of nitrogens with zero attached hydrogens (tertiary/aromatic N) is 2. The second kappa shape index (κ2) is 5.12. The first-order chi connectivity index (χ1) is 7.83. The molecule has 94 valence electrons. The average molecular weight is 236 g/mol. The summed E-state index contributed by atoms with van der Waals surface area (Å²) in [5.74, 6) is 0.579. The smallest absolute Gasteiger partial charge is 0.271 e. The first-order valence-corrected chi connectivity index (χ1v) is 5.70. The van der Waals surface area contributed by atoms with Gasteiger partial charge in [-0.2, -0.15) is 0 Å². The number of carbonyl (C=O) groups excluding carboxylic acids is 1. The van der Waals surface area contributed by atoms with E-state index < -0.39 is 0 Å². The van der Waals surface area contributed by atoms with E-state index in [2.05, 4.69) is 43.2 Å². The zero-order valence-corrected chi connectivity index (χ0v) is 10.8. The average Bonchev–Trinajstić information content (AvgIpc) is 2.27. The zero-order chi connectivity index (χ0) is 13.1. The van der Waals surface area contributed by atoms with Gasteiger partial charge in [-0.1, -0.05) is 27.7 Å². The molecule has 1 rings (SSSR count). The fourth-order valence-electron chi connectivity index (χ4n) is 1.07. The number of rotatable bonds is 4. The Balaban J connectivity index is 2.59. The van der Waals surface area contributed by atoms with Crippen molar-refractivity contribution < 1.29 is 4.79 Å². The Hall–Kier alpha value is -1.65. The fraction of sp³-hybridized carbons (Fsp3) is 0.583. The molecular formula is C12H20N4O. The Kier molecular flexibility index (Phi) is 4.04. The van der Waals surface area contributed by atoms with Gasteiger partial charge in [0.05, 0.1) is 0 Å². The summed E-state index contributed by atoms with van der Waals surface area (Å²) in [5.41, 5.74) is 5.75. The maximum Gasteiger partial charge on any atom is 0.271 e. The molecule has 0 atom stereocenters. The van der Waals surface area contributed by atoms with E-state index in [1.807, 2.05) is 0 Å². The highest BCUT2D eigenvalue weighted by molar-refractivity contribution is 5.92. The minimum atomic E-state index is -0.216. The predicted octanol–water partition coefficient (Wildman–Crippen LogP) is 1.47. The standard InChI is InChI=1S/C12H20N4O/c1-8(2)12(3,4)7-14-11(17)9-5-6-10(13)16-15-9/h5-6,8H,7H2,1-4H3,(H2,13,16)(H,14,17). The Morgan fingerprint density at radius 3 is 2.53 bits per heavy atom. The number of carbonyl (C=O) groups is 1. The number of hydrogen-bond donors (Lipinski definition) is 2. The summed E-state index contributed by atoms with van der Waals surface area (Å²) in [6, 6.07) is 3.13. The summed E-state index contributed by atoms with van der Waals surface area (Å²) < 4.78 is 0. The molecule has 0 unspecified atom stereocenters. The monoisotopic (exact) mass is 236 g/mol.